The first-order valence-corrected chi connectivity index (χ1v) is 6.64. The highest BCUT2D eigenvalue weighted by Crippen LogP contribution is 2.24. The van der Waals surface area contributed by atoms with Crippen molar-refractivity contribution in [2.75, 3.05) is 6.61 Å². The Morgan fingerprint density at radius 2 is 1.95 bits per heavy atom. The minimum Gasteiger partial charge on any atom is -0.463 e. The number of rotatable bonds is 4. The Hall–Kier alpha value is -1.67. The summed E-state index contributed by atoms with van der Waals surface area (Å²) in [7, 11) is 0. The maximum Gasteiger partial charge on any atom is 0.223 e. The molecule has 0 bridgehead atoms. The van der Waals surface area contributed by atoms with Crippen LogP contribution < -0.4 is 10.1 Å². The molecule has 0 radical (unpaired) electrons. The predicted molar refractivity (Wildman–Crippen MR) is 72.4 cm³/mol. The van der Waals surface area contributed by atoms with Crippen LogP contribution in [0.25, 0.3) is 0 Å². The smallest absolute Gasteiger partial charge is 0.223 e. The Kier molecular flexibility index (Phi) is 5.13. The van der Waals surface area contributed by atoms with Crippen LogP contribution in [0.15, 0.2) is 30.3 Å². The van der Waals surface area contributed by atoms with Crippen molar-refractivity contribution in [1.29, 1.82) is 0 Å². The van der Waals surface area contributed by atoms with Crippen molar-refractivity contribution in [2.24, 2.45) is 0 Å². The molecule has 116 valence electrons. The van der Waals surface area contributed by atoms with E-state index in [9.17, 15) is 20.1 Å². The number of carbonyl (C=O) groups excluding carboxylic acids is 1. The van der Waals surface area contributed by atoms with Gasteiger partial charge in [0.1, 0.15) is 30.1 Å². The second-order valence-electron chi connectivity index (χ2n) is 4.86. The van der Waals surface area contributed by atoms with Crippen molar-refractivity contribution in [1.82, 2.24) is 5.32 Å². The summed E-state index contributed by atoms with van der Waals surface area (Å²) in [5.41, 5.74) is 0. The lowest BCUT2D eigenvalue weighted by atomic mass is 9.97. The largest absolute Gasteiger partial charge is 0.463 e. The van der Waals surface area contributed by atoms with E-state index in [0.717, 1.165) is 0 Å². The standard InChI is InChI=1S/C14H19NO6/c1-8(17)15-11-13(19)12(18)10(7-16)21-14(11)20-9-5-3-2-4-6-9/h2-6,10-14,16,18-19H,7H2,1H3,(H,15,17)/t10-,11+,12-,13+,14-/m1/s1. The molecule has 0 saturated carbocycles. The van der Waals surface area contributed by atoms with E-state index in [1.165, 1.54) is 6.92 Å². The molecule has 1 amide bonds. The topological polar surface area (TPSA) is 108 Å². The second-order valence-corrected chi connectivity index (χ2v) is 4.86. The van der Waals surface area contributed by atoms with E-state index in [0.29, 0.717) is 5.75 Å². The number of aliphatic hydroxyl groups is 3. The number of hydrogen-bond acceptors (Lipinski definition) is 6. The fourth-order valence-electron chi connectivity index (χ4n) is 2.20. The number of para-hydroxylation sites is 1. The highest BCUT2D eigenvalue weighted by molar-refractivity contribution is 5.73. The number of amides is 1. The van der Waals surface area contributed by atoms with Crippen LogP contribution in [0.4, 0.5) is 0 Å². The maximum atomic E-state index is 11.2. The van der Waals surface area contributed by atoms with Gasteiger partial charge in [0.25, 0.3) is 0 Å². The van der Waals surface area contributed by atoms with E-state index in [1.807, 2.05) is 6.07 Å². The van der Waals surface area contributed by atoms with Crippen LogP contribution in [-0.4, -0.2) is 58.5 Å². The molecule has 5 atom stereocenters. The molecular weight excluding hydrogens is 278 g/mol. The molecule has 4 N–H and O–H groups in total. The molecule has 1 aliphatic rings. The molecule has 0 spiro atoms. The molecular formula is C14H19NO6. The van der Waals surface area contributed by atoms with Gasteiger partial charge in [-0.2, -0.15) is 0 Å². The number of benzene rings is 1. The molecule has 1 saturated heterocycles. The van der Waals surface area contributed by atoms with Crippen LogP contribution >= 0.6 is 0 Å². The lowest BCUT2D eigenvalue weighted by molar-refractivity contribution is -0.244. The molecule has 21 heavy (non-hydrogen) atoms. The third kappa shape index (κ3) is 3.70. The first-order chi connectivity index (χ1) is 10.0. The first kappa shape index (κ1) is 15.7. The second kappa shape index (κ2) is 6.86. The maximum absolute atomic E-state index is 11.2. The van der Waals surface area contributed by atoms with Gasteiger partial charge in [0.15, 0.2) is 0 Å². The fraction of sp³-hybridized carbons (Fsp3) is 0.500. The van der Waals surface area contributed by atoms with E-state index in [4.69, 9.17) is 9.47 Å². The Balaban J connectivity index is 2.18. The molecule has 7 heteroatoms. The van der Waals surface area contributed by atoms with Crippen molar-refractivity contribution < 1.29 is 29.6 Å². The van der Waals surface area contributed by atoms with Gasteiger partial charge in [0, 0.05) is 6.92 Å². The summed E-state index contributed by atoms with van der Waals surface area (Å²) in [6, 6.07) is 7.79. The lowest BCUT2D eigenvalue weighted by Crippen LogP contribution is -2.65. The van der Waals surface area contributed by atoms with Crippen molar-refractivity contribution in [3.8, 4) is 5.75 Å². The molecule has 2 rings (SSSR count). The molecule has 0 unspecified atom stereocenters. The van der Waals surface area contributed by atoms with Gasteiger partial charge in [-0.05, 0) is 12.1 Å². The highest BCUT2D eigenvalue weighted by atomic mass is 16.7. The molecule has 0 aromatic heterocycles. The van der Waals surface area contributed by atoms with E-state index in [2.05, 4.69) is 5.32 Å². The normalized spacial score (nSPS) is 32.5. The van der Waals surface area contributed by atoms with Gasteiger partial charge in [-0.3, -0.25) is 4.79 Å². The third-order valence-electron chi connectivity index (χ3n) is 3.25. The number of hydrogen-bond donors (Lipinski definition) is 4. The monoisotopic (exact) mass is 297 g/mol. The molecule has 1 fully saturated rings. The molecule has 1 heterocycles. The summed E-state index contributed by atoms with van der Waals surface area (Å²) >= 11 is 0. The number of carbonyl (C=O) groups is 1. The molecule has 1 aromatic carbocycles. The van der Waals surface area contributed by atoms with Crippen LogP contribution in [0.1, 0.15) is 6.92 Å². The van der Waals surface area contributed by atoms with E-state index >= 15 is 0 Å². The zero-order chi connectivity index (χ0) is 15.4. The summed E-state index contributed by atoms with van der Waals surface area (Å²) in [4.78, 5) is 11.2. The minimum atomic E-state index is -1.32. The van der Waals surface area contributed by atoms with Gasteiger partial charge >= 0.3 is 0 Å². The quantitative estimate of drug-likeness (QED) is 0.568. The Bertz CT molecular complexity index is 468. The minimum absolute atomic E-state index is 0.390. The van der Waals surface area contributed by atoms with E-state index in [1.54, 1.807) is 24.3 Å². The summed E-state index contributed by atoms with van der Waals surface area (Å²) in [6.07, 6.45) is -4.64. The van der Waals surface area contributed by atoms with E-state index in [-0.39, 0.29) is 5.91 Å². The zero-order valence-corrected chi connectivity index (χ0v) is 11.5. The number of ether oxygens (including phenoxy) is 2. The molecule has 1 aliphatic heterocycles. The SMILES string of the molecule is CC(=O)N[C@@H]1[C@H](Oc2ccccc2)O[C@H](CO)[C@@H](O)[C@H]1O. The highest BCUT2D eigenvalue weighted by Gasteiger charge is 2.45. The summed E-state index contributed by atoms with van der Waals surface area (Å²) in [5.74, 6) is 0.0945. The van der Waals surface area contributed by atoms with Crippen molar-refractivity contribution in [3.63, 3.8) is 0 Å². The van der Waals surface area contributed by atoms with Crippen LogP contribution in [0, 0.1) is 0 Å². The van der Waals surface area contributed by atoms with Crippen LogP contribution in [0.5, 0.6) is 5.75 Å². The van der Waals surface area contributed by atoms with Gasteiger partial charge in [0.2, 0.25) is 12.2 Å². The Morgan fingerprint density at radius 3 is 2.52 bits per heavy atom. The van der Waals surface area contributed by atoms with Crippen LogP contribution in [0.3, 0.4) is 0 Å². The van der Waals surface area contributed by atoms with Crippen LogP contribution in [0.2, 0.25) is 0 Å². The van der Waals surface area contributed by atoms with E-state index < -0.39 is 37.3 Å². The summed E-state index contributed by atoms with van der Waals surface area (Å²) in [6.45, 7) is 0.816. The van der Waals surface area contributed by atoms with Crippen LogP contribution in [-0.2, 0) is 9.53 Å². The predicted octanol–water partition coefficient (Wildman–Crippen LogP) is -0.991. The lowest BCUT2D eigenvalue weighted by Gasteiger charge is -2.42. The average Bonchev–Trinajstić information content (AvgIpc) is 2.47. The Labute approximate surface area is 122 Å². The van der Waals surface area contributed by atoms with Gasteiger partial charge in [0.05, 0.1) is 6.61 Å². The molecule has 0 aliphatic carbocycles. The molecule has 1 aromatic rings. The Morgan fingerprint density at radius 1 is 1.29 bits per heavy atom. The van der Waals surface area contributed by atoms with Gasteiger partial charge in [-0.15, -0.1) is 0 Å². The van der Waals surface area contributed by atoms with Crippen molar-refractivity contribution in [3.05, 3.63) is 30.3 Å². The fourth-order valence-corrected chi connectivity index (χ4v) is 2.20. The zero-order valence-electron chi connectivity index (χ0n) is 11.5. The van der Waals surface area contributed by atoms with Crippen molar-refractivity contribution >= 4 is 5.91 Å². The number of aliphatic hydroxyl groups excluding tert-OH is 3. The summed E-state index contributed by atoms with van der Waals surface area (Å²) in [5, 5.41) is 31.7. The third-order valence-corrected chi connectivity index (χ3v) is 3.25. The first-order valence-electron chi connectivity index (χ1n) is 6.64. The van der Waals surface area contributed by atoms with Gasteiger partial charge in [-0.1, -0.05) is 18.2 Å². The summed E-state index contributed by atoms with van der Waals surface area (Å²) < 4.78 is 11.0. The molecule has 7 nitrogen and oxygen atoms in total. The van der Waals surface area contributed by atoms with Crippen molar-refractivity contribution in [2.45, 2.75) is 37.6 Å². The van der Waals surface area contributed by atoms with Gasteiger partial charge < -0.3 is 30.1 Å². The van der Waals surface area contributed by atoms with Gasteiger partial charge in [-0.25, -0.2) is 0 Å². The number of nitrogens with one attached hydrogen (secondary N) is 1. The average molecular weight is 297 g/mol.